The smallest absolute Gasteiger partial charge is 0.248 e. The van der Waals surface area contributed by atoms with E-state index in [1.807, 2.05) is 24.3 Å². The van der Waals surface area contributed by atoms with E-state index in [0.717, 1.165) is 37.0 Å². The van der Waals surface area contributed by atoms with Gasteiger partial charge in [-0.1, -0.05) is 39.3 Å². The van der Waals surface area contributed by atoms with Crippen LogP contribution in [0, 0.1) is 0 Å². The van der Waals surface area contributed by atoms with Crippen molar-refractivity contribution in [2.45, 2.75) is 27.7 Å². The molecule has 0 unspecified atom stereocenters. The van der Waals surface area contributed by atoms with E-state index in [-0.39, 0.29) is 0 Å². The molecule has 0 saturated heterocycles. The van der Waals surface area contributed by atoms with E-state index in [1.54, 1.807) is 0 Å². The second kappa shape index (κ2) is 8.76. The summed E-state index contributed by atoms with van der Waals surface area (Å²) < 4.78 is 11.0. The summed E-state index contributed by atoms with van der Waals surface area (Å²) in [7, 11) is -0.750. The first-order chi connectivity index (χ1) is 9.15. The summed E-state index contributed by atoms with van der Waals surface area (Å²) in [5, 5.41) is 0.738. The Morgan fingerprint density at radius 3 is 1.68 bits per heavy atom. The van der Waals surface area contributed by atoms with Crippen LogP contribution in [0.15, 0.2) is 24.3 Å². The fourth-order valence-electron chi connectivity index (χ4n) is 1.82. The summed E-state index contributed by atoms with van der Waals surface area (Å²) >= 11 is 5.91. The Bertz CT molecular complexity index is 341. The van der Waals surface area contributed by atoms with Gasteiger partial charge in [-0.3, -0.25) is 0 Å². The van der Waals surface area contributed by atoms with Crippen molar-refractivity contribution in [2.24, 2.45) is 0 Å². The minimum atomic E-state index is -0.750. The van der Waals surface area contributed by atoms with Gasteiger partial charge in [-0.05, 0) is 24.3 Å². The Hall–Kier alpha value is -0.340. The summed E-state index contributed by atoms with van der Waals surface area (Å²) in [6.45, 7) is 12.7. The molecule has 1 aromatic carbocycles. The third-order valence-corrected chi connectivity index (χ3v) is 5.67. The van der Waals surface area contributed by atoms with Crippen molar-refractivity contribution in [3.8, 4) is 5.75 Å². The molecule has 3 nitrogen and oxygen atoms in total. The van der Waals surface area contributed by atoms with E-state index >= 15 is 0 Å². The number of nitrogens with zero attached hydrogens (tertiary/aromatic N) is 2. The molecule has 0 aromatic heterocycles. The molecule has 0 atom stereocenters. The van der Waals surface area contributed by atoms with E-state index in [2.05, 4.69) is 37.0 Å². The normalized spacial score (nSPS) is 11.6. The van der Waals surface area contributed by atoms with Gasteiger partial charge < -0.3 is 4.52 Å². The molecule has 5 heteroatoms. The highest BCUT2D eigenvalue weighted by molar-refractivity contribution is 7.47. The molecule has 0 fully saturated rings. The second-order valence-corrected chi connectivity index (χ2v) is 6.33. The highest BCUT2D eigenvalue weighted by atomic mass is 35.5. The van der Waals surface area contributed by atoms with Crippen molar-refractivity contribution >= 4 is 20.1 Å². The van der Waals surface area contributed by atoms with Crippen molar-refractivity contribution in [1.82, 2.24) is 9.34 Å². The van der Waals surface area contributed by atoms with Gasteiger partial charge in [-0.15, -0.1) is 0 Å². The standard InChI is InChI=1S/C14H24ClN2OP/c1-5-16(6-2)19(17(7-3)8-4)18-14-11-9-13(15)10-12-14/h9-12H,5-8H2,1-4H3. The van der Waals surface area contributed by atoms with Gasteiger partial charge in [-0.25, -0.2) is 9.34 Å². The molecule has 0 spiro atoms. The second-order valence-electron chi connectivity index (χ2n) is 4.08. The lowest BCUT2D eigenvalue weighted by atomic mass is 10.3. The third kappa shape index (κ3) is 4.92. The van der Waals surface area contributed by atoms with E-state index < -0.39 is 8.45 Å². The Kier molecular flexibility index (Phi) is 7.70. The molecule has 0 saturated carbocycles. The zero-order chi connectivity index (χ0) is 14.3. The molecular weight excluding hydrogens is 279 g/mol. The van der Waals surface area contributed by atoms with E-state index in [9.17, 15) is 0 Å². The van der Waals surface area contributed by atoms with Crippen LogP contribution in [0.2, 0.25) is 5.02 Å². The van der Waals surface area contributed by atoms with Gasteiger partial charge in [0, 0.05) is 31.2 Å². The van der Waals surface area contributed by atoms with E-state index in [1.165, 1.54) is 0 Å². The van der Waals surface area contributed by atoms with Crippen molar-refractivity contribution in [3.63, 3.8) is 0 Å². The van der Waals surface area contributed by atoms with E-state index in [0.29, 0.717) is 0 Å². The van der Waals surface area contributed by atoms with Crippen LogP contribution >= 0.6 is 20.1 Å². The molecule has 0 radical (unpaired) electrons. The number of benzene rings is 1. The molecular formula is C14H24ClN2OP. The van der Waals surface area contributed by atoms with Crippen molar-refractivity contribution in [3.05, 3.63) is 29.3 Å². The molecule has 1 aromatic rings. The average Bonchev–Trinajstić information content (AvgIpc) is 2.43. The van der Waals surface area contributed by atoms with Crippen molar-refractivity contribution < 1.29 is 4.52 Å². The highest BCUT2D eigenvalue weighted by Crippen LogP contribution is 2.45. The first-order valence-electron chi connectivity index (χ1n) is 6.89. The fourth-order valence-corrected chi connectivity index (χ4v) is 3.81. The SMILES string of the molecule is CCN(CC)P(Oc1ccc(Cl)cc1)N(CC)CC. The lowest BCUT2D eigenvalue weighted by Gasteiger charge is -2.35. The predicted octanol–water partition coefficient (Wildman–Crippen LogP) is 4.63. The van der Waals surface area contributed by atoms with Gasteiger partial charge in [0.05, 0.1) is 0 Å². The maximum atomic E-state index is 6.22. The molecule has 1 rings (SSSR count). The Morgan fingerprint density at radius 2 is 1.32 bits per heavy atom. The summed E-state index contributed by atoms with van der Waals surface area (Å²) in [5.41, 5.74) is 0. The van der Waals surface area contributed by atoms with Crippen LogP contribution in [0.4, 0.5) is 0 Å². The minimum Gasteiger partial charge on any atom is -0.444 e. The maximum Gasteiger partial charge on any atom is 0.248 e. The Labute approximate surface area is 123 Å². The van der Waals surface area contributed by atoms with Crippen molar-refractivity contribution in [2.75, 3.05) is 26.2 Å². The molecule has 19 heavy (non-hydrogen) atoms. The number of halogens is 1. The third-order valence-electron chi connectivity index (χ3n) is 2.94. The van der Waals surface area contributed by atoms with Gasteiger partial charge in [0.2, 0.25) is 8.45 Å². The molecule has 108 valence electrons. The molecule has 0 amide bonds. The Morgan fingerprint density at radius 1 is 0.895 bits per heavy atom. The fraction of sp³-hybridized carbons (Fsp3) is 0.571. The summed E-state index contributed by atoms with van der Waals surface area (Å²) in [5.74, 6) is 0.884. The highest BCUT2D eigenvalue weighted by Gasteiger charge is 2.24. The van der Waals surface area contributed by atoms with Crippen LogP contribution < -0.4 is 4.52 Å². The first-order valence-corrected chi connectivity index (χ1v) is 8.43. The number of hydrogen-bond acceptors (Lipinski definition) is 3. The van der Waals surface area contributed by atoms with Crippen LogP contribution in [0.3, 0.4) is 0 Å². The van der Waals surface area contributed by atoms with Crippen LogP contribution in [0.1, 0.15) is 27.7 Å². The van der Waals surface area contributed by atoms with Gasteiger partial charge >= 0.3 is 0 Å². The molecule has 0 aliphatic rings. The van der Waals surface area contributed by atoms with Crippen LogP contribution in [-0.4, -0.2) is 35.5 Å². The van der Waals surface area contributed by atoms with Crippen LogP contribution in [0.5, 0.6) is 5.75 Å². The van der Waals surface area contributed by atoms with E-state index in [4.69, 9.17) is 16.1 Å². The van der Waals surface area contributed by atoms with Crippen molar-refractivity contribution in [1.29, 1.82) is 0 Å². The Balaban J connectivity index is 2.86. The van der Waals surface area contributed by atoms with Gasteiger partial charge in [0.1, 0.15) is 5.75 Å². The van der Waals surface area contributed by atoms with Gasteiger partial charge in [0.25, 0.3) is 0 Å². The maximum absolute atomic E-state index is 6.22. The molecule has 0 heterocycles. The zero-order valence-corrected chi connectivity index (χ0v) is 13.9. The molecule has 0 bridgehead atoms. The van der Waals surface area contributed by atoms with Gasteiger partial charge in [0.15, 0.2) is 0 Å². The molecule has 0 aliphatic heterocycles. The quantitative estimate of drug-likeness (QED) is 0.651. The van der Waals surface area contributed by atoms with Crippen LogP contribution in [0.25, 0.3) is 0 Å². The zero-order valence-electron chi connectivity index (χ0n) is 12.3. The largest absolute Gasteiger partial charge is 0.444 e. The van der Waals surface area contributed by atoms with Gasteiger partial charge in [-0.2, -0.15) is 0 Å². The lowest BCUT2D eigenvalue weighted by molar-refractivity contribution is 0.360. The number of rotatable bonds is 8. The first kappa shape index (κ1) is 16.7. The average molecular weight is 303 g/mol. The van der Waals surface area contributed by atoms with Crippen LogP contribution in [-0.2, 0) is 0 Å². The monoisotopic (exact) mass is 302 g/mol. The summed E-state index contributed by atoms with van der Waals surface area (Å²) in [6.07, 6.45) is 0. The lowest BCUT2D eigenvalue weighted by Crippen LogP contribution is -2.31. The topological polar surface area (TPSA) is 15.7 Å². The summed E-state index contributed by atoms with van der Waals surface area (Å²) in [4.78, 5) is 0. The number of hydrogen-bond donors (Lipinski definition) is 0. The molecule has 0 N–H and O–H groups in total. The molecule has 0 aliphatic carbocycles. The minimum absolute atomic E-state index is 0.738. The summed E-state index contributed by atoms with van der Waals surface area (Å²) in [6, 6.07) is 7.61. The predicted molar refractivity (Wildman–Crippen MR) is 84.8 cm³/mol.